The lowest BCUT2D eigenvalue weighted by atomic mass is 9.74. The lowest BCUT2D eigenvalue weighted by molar-refractivity contribution is -0.128. The molecule has 0 aromatic heterocycles. The molecule has 0 saturated carbocycles. The second-order valence-corrected chi connectivity index (χ2v) is 5.50. The van der Waals surface area contributed by atoms with Crippen molar-refractivity contribution in [1.29, 1.82) is 0 Å². The number of carbonyl (C=O) groups excluding carboxylic acids is 1. The first-order valence-electron chi connectivity index (χ1n) is 6.53. The Labute approximate surface area is 109 Å². The number of carbonyl (C=O) groups is 1. The van der Waals surface area contributed by atoms with Gasteiger partial charge in [-0.05, 0) is 30.7 Å². The molecule has 0 unspecified atom stereocenters. The molecule has 0 aliphatic carbocycles. The fourth-order valence-corrected chi connectivity index (χ4v) is 2.60. The molecule has 1 aliphatic rings. The van der Waals surface area contributed by atoms with Crippen LogP contribution in [-0.4, -0.2) is 23.9 Å². The van der Waals surface area contributed by atoms with Gasteiger partial charge in [0.1, 0.15) is 0 Å². The number of amides is 1. The molecular weight excluding hydrogens is 222 g/mol. The minimum atomic E-state index is 0.102. The molecule has 1 saturated heterocycles. The van der Waals surface area contributed by atoms with Gasteiger partial charge in [0.15, 0.2) is 0 Å². The van der Waals surface area contributed by atoms with Crippen LogP contribution in [0.4, 0.5) is 0 Å². The molecule has 96 valence electrons. The number of likely N-dealkylation sites (tertiary alicyclic amines) is 1. The van der Waals surface area contributed by atoms with Gasteiger partial charge in [-0.3, -0.25) is 4.79 Å². The second-order valence-electron chi connectivity index (χ2n) is 5.50. The number of piperidine rings is 1. The van der Waals surface area contributed by atoms with Crippen LogP contribution in [0.15, 0.2) is 42.5 Å². The Balaban J connectivity index is 2.06. The molecule has 1 aromatic carbocycles. The average Bonchev–Trinajstić information content (AvgIpc) is 2.40. The van der Waals surface area contributed by atoms with Crippen LogP contribution in [0.1, 0.15) is 32.3 Å². The topological polar surface area (TPSA) is 20.3 Å². The molecule has 0 N–H and O–H groups in total. The first-order valence-corrected chi connectivity index (χ1v) is 6.53. The van der Waals surface area contributed by atoms with Crippen molar-refractivity contribution in [3.05, 3.63) is 48.0 Å². The molecular formula is C16H21NO. The zero-order valence-corrected chi connectivity index (χ0v) is 11.3. The Morgan fingerprint density at radius 3 is 2.28 bits per heavy atom. The lowest BCUT2D eigenvalue weighted by Crippen LogP contribution is -2.44. The maximum atomic E-state index is 11.9. The highest BCUT2D eigenvalue weighted by Gasteiger charge is 2.33. The molecule has 1 aromatic rings. The summed E-state index contributed by atoms with van der Waals surface area (Å²) < 4.78 is 0. The zero-order valence-electron chi connectivity index (χ0n) is 11.3. The van der Waals surface area contributed by atoms with Gasteiger partial charge in [0.25, 0.3) is 0 Å². The summed E-state index contributed by atoms with van der Waals surface area (Å²) in [6.45, 7) is 9.48. The van der Waals surface area contributed by atoms with E-state index >= 15 is 0 Å². The summed E-state index contributed by atoms with van der Waals surface area (Å²) in [4.78, 5) is 13.8. The molecule has 1 aliphatic heterocycles. The van der Waals surface area contributed by atoms with E-state index in [4.69, 9.17) is 0 Å². The van der Waals surface area contributed by atoms with Gasteiger partial charge in [-0.25, -0.2) is 0 Å². The Morgan fingerprint density at radius 1 is 1.22 bits per heavy atom. The molecule has 18 heavy (non-hydrogen) atoms. The second kappa shape index (κ2) is 4.97. The third-order valence-corrected chi connectivity index (χ3v) is 3.99. The van der Waals surface area contributed by atoms with E-state index in [1.807, 2.05) is 11.0 Å². The summed E-state index contributed by atoms with van der Waals surface area (Å²) in [6.07, 6.45) is 2.05. The van der Waals surface area contributed by atoms with Gasteiger partial charge >= 0.3 is 0 Å². The summed E-state index contributed by atoms with van der Waals surface area (Å²) in [5.41, 5.74) is 2.22. The van der Waals surface area contributed by atoms with E-state index in [1.54, 1.807) is 6.92 Å². The summed E-state index contributed by atoms with van der Waals surface area (Å²) >= 11 is 0. The molecule has 2 rings (SSSR count). The summed E-state index contributed by atoms with van der Waals surface area (Å²) in [5, 5.41) is 0. The summed E-state index contributed by atoms with van der Waals surface area (Å²) in [6, 6.07) is 10.6. The number of hydrogen-bond acceptors (Lipinski definition) is 1. The van der Waals surface area contributed by atoms with Crippen molar-refractivity contribution in [2.24, 2.45) is 0 Å². The van der Waals surface area contributed by atoms with Crippen molar-refractivity contribution in [1.82, 2.24) is 4.90 Å². The van der Waals surface area contributed by atoms with Crippen LogP contribution in [0.2, 0.25) is 0 Å². The molecule has 2 heteroatoms. The van der Waals surface area contributed by atoms with Gasteiger partial charge in [-0.1, -0.05) is 43.8 Å². The van der Waals surface area contributed by atoms with Crippen molar-refractivity contribution < 1.29 is 4.79 Å². The lowest BCUT2D eigenvalue weighted by Gasteiger charge is -2.40. The Bertz CT molecular complexity index is 441. The third-order valence-electron chi connectivity index (χ3n) is 3.99. The molecule has 1 amide bonds. The van der Waals surface area contributed by atoms with Crippen LogP contribution in [0, 0.1) is 0 Å². The van der Waals surface area contributed by atoms with Gasteiger partial charge in [0, 0.05) is 18.7 Å². The van der Waals surface area contributed by atoms with E-state index in [0.29, 0.717) is 5.57 Å². The minimum Gasteiger partial charge on any atom is -0.339 e. The van der Waals surface area contributed by atoms with Crippen LogP contribution in [-0.2, 0) is 10.2 Å². The smallest absolute Gasteiger partial charge is 0.248 e. The van der Waals surface area contributed by atoms with E-state index in [1.165, 1.54) is 5.56 Å². The number of nitrogens with zero attached hydrogens (tertiary/aromatic N) is 1. The van der Waals surface area contributed by atoms with Crippen molar-refractivity contribution in [2.45, 2.75) is 32.1 Å². The van der Waals surface area contributed by atoms with Gasteiger partial charge in [-0.2, -0.15) is 0 Å². The van der Waals surface area contributed by atoms with Crippen LogP contribution in [0.3, 0.4) is 0 Å². The molecule has 0 spiro atoms. The van der Waals surface area contributed by atoms with Gasteiger partial charge in [0.05, 0.1) is 0 Å². The van der Waals surface area contributed by atoms with E-state index < -0.39 is 0 Å². The zero-order chi connectivity index (χ0) is 13.2. The van der Waals surface area contributed by atoms with Gasteiger partial charge in [0.2, 0.25) is 5.91 Å². The van der Waals surface area contributed by atoms with E-state index in [-0.39, 0.29) is 11.3 Å². The Morgan fingerprint density at radius 2 is 1.78 bits per heavy atom. The maximum Gasteiger partial charge on any atom is 0.248 e. The number of benzene rings is 1. The number of rotatable bonds is 2. The minimum absolute atomic E-state index is 0.102. The molecule has 1 heterocycles. The van der Waals surface area contributed by atoms with E-state index in [0.717, 1.165) is 25.9 Å². The quantitative estimate of drug-likeness (QED) is 0.731. The predicted octanol–water partition coefficient (Wildman–Crippen LogP) is 3.14. The normalized spacial score (nSPS) is 18.4. The van der Waals surface area contributed by atoms with Crippen LogP contribution in [0.5, 0.6) is 0 Å². The highest BCUT2D eigenvalue weighted by molar-refractivity contribution is 5.92. The van der Waals surface area contributed by atoms with Crippen molar-refractivity contribution in [3.8, 4) is 0 Å². The van der Waals surface area contributed by atoms with Crippen LogP contribution < -0.4 is 0 Å². The van der Waals surface area contributed by atoms with Crippen molar-refractivity contribution >= 4 is 5.91 Å². The standard InChI is InChI=1S/C16H21NO/c1-13(2)15(18)17-11-9-16(3,10-12-17)14-7-5-4-6-8-14/h4-8H,1,9-12H2,2-3H3. The van der Waals surface area contributed by atoms with E-state index in [2.05, 4.69) is 37.8 Å². The number of hydrogen-bond donors (Lipinski definition) is 0. The molecule has 0 atom stereocenters. The molecule has 0 bridgehead atoms. The summed E-state index contributed by atoms with van der Waals surface area (Å²) in [7, 11) is 0. The Hall–Kier alpha value is -1.57. The molecule has 1 fully saturated rings. The molecule has 0 radical (unpaired) electrons. The fraction of sp³-hybridized carbons (Fsp3) is 0.438. The first-order chi connectivity index (χ1) is 8.53. The highest BCUT2D eigenvalue weighted by Crippen LogP contribution is 2.35. The predicted molar refractivity (Wildman–Crippen MR) is 74.4 cm³/mol. The largest absolute Gasteiger partial charge is 0.339 e. The van der Waals surface area contributed by atoms with E-state index in [9.17, 15) is 4.79 Å². The molecule has 2 nitrogen and oxygen atoms in total. The Kier molecular flexibility index (Phi) is 3.55. The maximum absolute atomic E-state index is 11.9. The first kappa shape index (κ1) is 12.9. The van der Waals surface area contributed by atoms with Gasteiger partial charge < -0.3 is 4.90 Å². The summed E-state index contributed by atoms with van der Waals surface area (Å²) in [5.74, 6) is 0.102. The van der Waals surface area contributed by atoms with Crippen molar-refractivity contribution in [2.75, 3.05) is 13.1 Å². The van der Waals surface area contributed by atoms with Crippen LogP contribution in [0.25, 0.3) is 0 Å². The highest BCUT2D eigenvalue weighted by atomic mass is 16.2. The monoisotopic (exact) mass is 243 g/mol. The SMILES string of the molecule is C=C(C)C(=O)N1CCC(C)(c2ccccc2)CC1. The van der Waals surface area contributed by atoms with Crippen LogP contribution >= 0.6 is 0 Å². The van der Waals surface area contributed by atoms with Gasteiger partial charge in [-0.15, -0.1) is 0 Å². The third kappa shape index (κ3) is 2.47. The average molecular weight is 243 g/mol. The fourth-order valence-electron chi connectivity index (χ4n) is 2.60. The van der Waals surface area contributed by atoms with Crippen molar-refractivity contribution in [3.63, 3.8) is 0 Å².